The number of ketones is 1. The molecule has 0 bridgehead atoms. The molecular formula is C13H11FO. The van der Waals surface area contributed by atoms with Crippen LogP contribution >= 0.6 is 0 Å². The van der Waals surface area contributed by atoms with Gasteiger partial charge in [-0.05, 0) is 29.7 Å². The van der Waals surface area contributed by atoms with Crippen LogP contribution in [0.4, 0.5) is 4.39 Å². The summed E-state index contributed by atoms with van der Waals surface area (Å²) in [5.74, 6) is -0.143. The molecule has 0 radical (unpaired) electrons. The lowest BCUT2D eigenvalue weighted by atomic mass is 9.86. The van der Waals surface area contributed by atoms with Crippen LogP contribution in [-0.2, 0) is 11.2 Å². The van der Waals surface area contributed by atoms with E-state index in [1.807, 2.05) is 0 Å². The molecule has 0 fully saturated rings. The van der Waals surface area contributed by atoms with Crippen molar-refractivity contribution >= 4 is 11.4 Å². The standard InChI is InChI=1S/C13H11FO/c1-2-3-12-11-6-5-10(14)8-9(11)4-7-13(12)15/h2-3,5-6,8H,1,4,7H2. The smallest absolute Gasteiger partial charge is 0.163 e. The maximum absolute atomic E-state index is 13.0. The van der Waals surface area contributed by atoms with Gasteiger partial charge in [-0.3, -0.25) is 4.79 Å². The second-order valence-corrected chi connectivity index (χ2v) is 3.54. The highest BCUT2D eigenvalue weighted by molar-refractivity contribution is 6.22. The normalized spacial score (nSPS) is 17.7. The van der Waals surface area contributed by atoms with Crippen molar-refractivity contribution in [3.63, 3.8) is 0 Å². The molecule has 0 atom stereocenters. The van der Waals surface area contributed by atoms with Crippen molar-refractivity contribution in [1.29, 1.82) is 0 Å². The van der Waals surface area contributed by atoms with Crippen LogP contribution in [0.2, 0.25) is 0 Å². The van der Waals surface area contributed by atoms with Gasteiger partial charge in [0.15, 0.2) is 5.78 Å². The molecule has 2 heteroatoms. The Labute approximate surface area is 87.9 Å². The van der Waals surface area contributed by atoms with E-state index in [0.29, 0.717) is 18.4 Å². The van der Waals surface area contributed by atoms with Crippen molar-refractivity contribution in [3.05, 3.63) is 53.9 Å². The third-order valence-electron chi connectivity index (χ3n) is 2.56. The summed E-state index contributed by atoms with van der Waals surface area (Å²) in [6.07, 6.45) is 4.36. The van der Waals surface area contributed by atoms with Gasteiger partial charge in [0.1, 0.15) is 5.82 Å². The number of aryl methyl sites for hydroxylation is 1. The summed E-state index contributed by atoms with van der Waals surface area (Å²) in [4.78, 5) is 11.6. The molecule has 0 unspecified atom stereocenters. The Balaban J connectivity index is 2.58. The van der Waals surface area contributed by atoms with E-state index in [2.05, 4.69) is 6.58 Å². The molecule has 76 valence electrons. The Kier molecular flexibility index (Phi) is 2.50. The van der Waals surface area contributed by atoms with Crippen LogP contribution in [0.1, 0.15) is 17.5 Å². The quantitative estimate of drug-likeness (QED) is 0.640. The van der Waals surface area contributed by atoms with Crippen molar-refractivity contribution in [2.45, 2.75) is 12.8 Å². The van der Waals surface area contributed by atoms with Crippen molar-refractivity contribution in [1.82, 2.24) is 0 Å². The minimum absolute atomic E-state index is 0.106. The first-order chi connectivity index (χ1) is 7.22. The Hall–Kier alpha value is -1.70. The molecule has 1 aromatic rings. The molecule has 0 aliphatic heterocycles. The van der Waals surface area contributed by atoms with E-state index in [1.165, 1.54) is 12.1 Å². The lowest BCUT2D eigenvalue weighted by molar-refractivity contribution is -0.113. The maximum Gasteiger partial charge on any atom is 0.163 e. The second kappa shape index (κ2) is 3.81. The number of rotatable bonds is 1. The fourth-order valence-electron chi connectivity index (χ4n) is 1.87. The van der Waals surface area contributed by atoms with Gasteiger partial charge in [0.25, 0.3) is 0 Å². The average molecular weight is 202 g/mol. The number of carbonyl (C=O) groups is 1. The molecule has 1 nitrogen and oxygen atoms in total. The maximum atomic E-state index is 13.0. The van der Waals surface area contributed by atoms with Gasteiger partial charge in [-0.15, -0.1) is 0 Å². The van der Waals surface area contributed by atoms with Crippen LogP contribution in [0.25, 0.3) is 5.57 Å². The number of fused-ring (bicyclic) bond motifs is 1. The van der Waals surface area contributed by atoms with E-state index in [9.17, 15) is 9.18 Å². The molecule has 0 saturated carbocycles. The van der Waals surface area contributed by atoms with Crippen LogP contribution in [0.3, 0.4) is 0 Å². The Morgan fingerprint density at radius 3 is 2.87 bits per heavy atom. The van der Waals surface area contributed by atoms with Gasteiger partial charge in [-0.2, -0.15) is 0 Å². The summed E-state index contributed by atoms with van der Waals surface area (Å²) in [6, 6.07) is 4.55. The molecular weight excluding hydrogens is 191 g/mol. The van der Waals surface area contributed by atoms with Gasteiger partial charge in [-0.1, -0.05) is 24.8 Å². The summed E-state index contributed by atoms with van der Waals surface area (Å²) in [5, 5.41) is 0. The Bertz CT molecular complexity index is 458. The van der Waals surface area contributed by atoms with Crippen LogP contribution in [0.15, 0.2) is 36.9 Å². The highest BCUT2D eigenvalue weighted by Gasteiger charge is 2.20. The van der Waals surface area contributed by atoms with Crippen LogP contribution in [0.5, 0.6) is 0 Å². The number of hydrogen-bond acceptors (Lipinski definition) is 1. The van der Waals surface area contributed by atoms with Crippen LogP contribution in [0, 0.1) is 5.82 Å². The monoisotopic (exact) mass is 202 g/mol. The number of Topliss-reactive ketones (excluding diaryl/α,β-unsaturated/α-hetero) is 1. The molecule has 1 aliphatic rings. The summed E-state index contributed by atoms with van der Waals surface area (Å²) in [5.41, 5.74) is 2.39. The molecule has 0 N–H and O–H groups in total. The highest BCUT2D eigenvalue weighted by atomic mass is 19.1. The lowest BCUT2D eigenvalue weighted by Gasteiger charge is -2.17. The van der Waals surface area contributed by atoms with E-state index in [1.54, 1.807) is 18.2 Å². The van der Waals surface area contributed by atoms with Gasteiger partial charge >= 0.3 is 0 Å². The fourth-order valence-corrected chi connectivity index (χ4v) is 1.87. The number of benzene rings is 1. The predicted octanol–water partition coefficient (Wildman–Crippen LogP) is 2.91. The topological polar surface area (TPSA) is 17.1 Å². The molecule has 0 aromatic heterocycles. The van der Waals surface area contributed by atoms with Crippen molar-refractivity contribution in [2.24, 2.45) is 0 Å². The molecule has 1 aromatic carbocycles. The van der Waals surface area contributed by atoms with Gasteiger partial charge in [0.05, 0.1) is 0 Å². The third kappa shape index (κ3) is 1.75. The number of hydrogen-bond donors (Lipinski definition) is 0. The predicted molar refractivity (Wildman–Crippen MR) is 57.9 cm³/mol. The second-order valence-electron chi connectivity index (χ2n) is 3.54. The average Bonchev–Trinajstić information content (AvgIpc) is 2.22. The number of halogens is 1. The fraction of sp³-hybridized carbons (Fsp3) is 0.154. The zero-order valence-corrected chi connectivity index (χ0v) is 8.29. The summed E-state index contributed by atoms with van der Waals surface area (Å²) < 4.78 is 13.0. The minimum atomic E-state index is -0.249. The minimum Gasteiger partial charge on any atom is -0.294 e. The number of carbonyl (C=O) groups excluding carboxylic acids is 1. The Morgan fingerprint density at radius 1 is 1.33 bits per heavy atom. The highest BCUT2D eigenvalue weighted by Crippen LogP contribution is 2.28. The van der Waals surface area contributed by atoms with Gasteiger partial charge in [-0.25, -0.2) is 4.39 Å². The first-order valence-electron chi connectivity index (χ1n) is 4.87. The van der Waals surface area contributed by atoms with E-state index in [4.69, 9.17) is 0 Å². The zero-order chi connectivity index (χ0) is 10.8. The number of allylic oxidation sites excluding steroid dienone is 3. The lowest BCUT2D eigenvalue weighted by Crippen LogP contribution is -2.12. The van der Waals surface area contributed by atoms with Crippen molar-refractivity contribution < 1.29 is 9.18 Å². The first kappa shape index (κ1) is 9.84. The summed E-state index contributed by atoms with van der Waals surface area (Å²) in [6.45, 7) is 3.58. The van der Waals surface area contributed by atoms with Crippen molar-refractivity contribution in [3.8, 4) is 0 Å². The van der Waals surface area contributed by atoms with Crippen LogP contribution < -0.4 is 0 Å². The van der Waals surface area contributed by atoms with E-state index >= 15 is 0 Å². The Morgan fingerprint density at radius 2 is 2.13 bits per heavy atom. The third-order valence-corrected chi connectivity index (χ3v) is 2.56. The molecule has 15 heavy (non-hydrogen) atoms. The summed E-state index contributed by atoms with van der Waals surface area (Å²) in [7, 11) is 0. The van der Waals surface area contributed by atoms with E-state index < -0.39 is 0 Å². The molecule has 1 aliphatic carbocycles. The van der Waals surface area contributed by atoms with Gasteiger partial charge in [0, 0.05) is 12.0 Å². The molecule has 0 spiro atoms. The van der Waals surface area contributed by atoms with Crippen LogP contribution in [-0.4, -0.2) is 5.78 Å². The molecule has 2 rings (SSSR count). The summed E-state index contributed by atoms with van der Waals surface area (Å²) >= 11 is 0. The van der Waals surface area contributed by atoms with E-state index in [0.717, 1.165) is 11.1 Å². The molecule has 0 saturated heterocycles. The van der Waals surface area contributed by atoms with Gasteiger partial charge in [0.2, 0.25) is 0 Å². The molecule has 0 amide bonds. The van der Waals surface area contributed by atoms with E-state index in [-0.39, 0.29) is 11.6 Å². The van der Waals surface area contributed by atoms with Crippen molar-refractivity contribution in [2.75, 3.05) is 0 Å². The largest absolute Gasteiger partial charge is 0.294 e. The van der Waals surface area contributed by atoms with Gasteiger partial charge < -0.3 is 0 Å². The first-order valence-corrected chi connectivity index (χ1v) is 4.87. The zero-order valence-electron chi connectivity index (χ0n) is 8.29. The molecule has 0 heterocycles. The SMILES string of the molecule is C=CC=C1C(=O)CCc2cc(F)ccc21.